The zero-order valence-electron chi connectivity index (χ0n) is 10.6. The van der Waals surface area contributed by atoms with Crippen LogP contribution in [0.25, 0.3) is 0 Å². The topological polar surface area (TPSA) is 75.1 Å². The van der Waals surface area contributed by atoms with E-state index in [1.807, 2.05) is 13.0 Å². The number of rotatable bonds is 5. The van der Waals surface area contributed by atoms with Gasteiger partial charge in [-0.1, -0.05) is 12.1 Å². The normalized spacial score (nSPS) is 10.2. The molecule has 5 heteroatoms. The molecule has 0 spiro atoms. The minimum atomic E-state index is -0.906. The molecule has 1 heterocycles. The van der Waals surface area contributed by atoms with Crippen LogP contribution >= 0.6 is 0 Å². The molecule has 0 bridgehead atoms. The van der Waals surface area contributed by atoms with Crippen LogP contribution in [0.2, 0.25) is 0 Å². The first-order valence-corrected chi connectivity index (χ1v) is 6.00. The van der Waals surface area contributed by atoms with Crippen molar-refractivity contribution in [1.82, 2.24) is 9.97 Å². The Hall–Kier alpha value is -2.43. The molecule has 5 nitrogen and oxygen atoms in total. The van der Waals surface area contributed by atoms with Gasteiger partial charge in [0.1, 0.15) is 0 Å². The predicted octanol–water partition coefficient (Wildman–Crippen LogP) is 2.14. The zero-order chi connectivity index (χ0) is 13.7. The Morgan fingerprint density at radius 1 is 1.32 bits per heavy atom. The van der Waals surface area contributed by atoms with Gasteiger partial charge in [-0.05, 0) is 36.6 Å². The summed E-state index contributed by atoms with van der Waals surface area (Å²) in [4.78, 5) is 19.1. The number of carbonyl (C=O) groups is 1. The highest BCUT2D eigenvalue weighted by Gasteiger charge is 2.03. The van der Waals surface area contributed by atoms with Crippen LogP contribution in [-0.4, -0.2) is 27.6 Å². The molecule has 0 atom stereocenters. The van der Waals surface area contributed by atoms with Crippen LogP contribution < -0.4 is 5.32 Å². The van der Waals surface area contributed by atoms with Gasteiger partial charge >= 0.3 is 5.97 Å². The summed E-state index contributed by atoms with van der Waals surface area (Å²) < 4.78 is 0. The standard InChI is InChI=1S/C14H15N3O2/c1-10-8-16-14(17-9-10)15-6-5-11-3-2-4-12(7-11)13(18)19/h2-4,7-9H,5-6H2,1H3,(H,18,19)(H,15,16,17). The first-order valence-electron chi connectivity index (χ1n) is 6.00. The molecule has 0 unspecified atom stereocenters. The van der Waals surface area contributed by atoms with Crippen molar-refractivity contribution in [3.05, 3.63) is 53.3 Å². The summed E-state index contributed by atoms with van der Waals surface area (Å²) in [5, 5.41) is 12.0. The molecule has 0 saturated heterocycles. The lowest BCUT2D eigenvalue weighted by Gasteiger charge is -2.05. The van der Waals surface area contributed by atoms with E-state index >= 15 is 0 Å². The lowest BCUT2D eigenvalue weighted by Crippen LogP contribution is -2.08. The molecule has 2 aromatic rings. The second-order valence-corrected chi connectivity index (χ2v) is 4.27. The van der Waals surface area contributed by atoms with Gasteiger partial charge in [0.05, 0.1) is 5.56 Å². The minimum absolute atomic E-state index is 0.309. The van der Waals surface area contributed by atoms with Gasteiger partial charge < -0.3 is 10.4 Å². The Morgan fingerprint density at radius 2 is 2.05 bits per heavy atom. The van der Waals surface area contributed by atoms with E-state index in [1.54, 1.807) is 30.6 Å². The maximum Gasteiger partial charge on any atom is 0.335 e. The number of nitrogens with zero attached hydrogens (tertiary/aromatic N) is 2. The SMILES string of the molecule is Cc1cnc(NCCc2cccc(C(=O)O)c2)nc1. The number of aromatic carboxylic acids is 1. The fourth-order valence-corrected chi connectivity index (χ4v) is 1.66. The molecule has 1 aromatic carbocycles. The highest BCUT2D eigenvalue weighted by Crippen LogP contribution is 2.06. The number of carboxylic acids is 1. The molecular weight excluding hydrogens is 242 g/mol. The van der Waals surface area contributed by atoms with Gasteiger partial charge in [-0.15, -0.1) is 0 Å². The Kier molecular flexibility index (Phi) is 4.07. The number of hydrogen-bond donors (Lipinski definition) is 2. The molecule has 0 amide bonds. The maximum absolute atomic E-state index is 10.8. The van der Waals surface area contributed by atoms with Crippen LogP contribution in [0, 0.1) is 6.92 Å². The molecule has 0 aliphatic rings. The van der Waals surface area contributed by atoms with Crippen molar-refractivity contribution in [3.63, 3.8) is 0 Å². The quantitative estimate of drug-likeness (QED) is 0.858. The Bertz CT molecular complexity index is 567. The third-order valence-electron chi connectivity index (χ3n) is 2.65. The van der Waals surface area contributed by atoms with Crippen LogP contribution in [0.1, 0.15) is 21.5 Å². The fourth-order valence-electron chi connectivity index (χ4n) is 1.66. The van der Waals surface area contributed by atoms with Gasteiger partial charge in [-0.25, -0.2) is 14.8 Å². The molecule has 0 saturated carbocycles. The van der Waals surface area contributed by atoms with Crippen molar-refractivity contribution in [2.24, 2.45) is 0 Å². The summed E-state index contributed by atoms with van der Waals surface area (Å²) in [5.74, 6) is -0.323. The van der Waals surface area contributed by atoms with E-state index in [0.29, 0.717) is 18.1 Å². The number of carboxylic acid groups (broad SMARTS) is 1. The van der Waals surface area contributed by atoms with E-state index in [4.69, 9.17) is 5.11 Å². The Balaban J connectivity index is 1.90. The van der Waals surface area contributed by atoms with Crippen LogP contribution in [-0.2, 0) is 6.42 Å². The molecular formula is C14H15N3O2. The van der Waals surface area contributed by atoms with Crippen LogP contribution in [0.15, 0.2) is 36.7 Å². The summed E-state index contributed by atoms with van der Waals surface area (Å²) in [6.45, 7) is 2.59. The molecule has 19 heavy (non-hydrogen) atoms. The number of hydrogen-bond acceptors (Lipinski definition) is 4. The van der Waals surface area contributed by atoms with Gasteiger partial charge in [-0.2, -0.15) is 0 Å². The second-order valence-electron chi connectivity index (χ2n) is 4.27. The lowest BCUT2D eigenvalue weighted by atomic mass is 10.1. The first kappa shape index (κ1) is 13.0. The van der Waals surface area contributed by atoms with Crippen molar-refractivity contribution < 1.29 is 9.90 Å². The smallest absolute Gasteiger partial charge is 0.335 e. The van der Waals surface area contributed by atoms with Crippen LogP contribution in [0.4, 0.5) is 5.95 Å². The third-order valence-corrected chi connectivity index (χ3v) is 2.65. The summed E-state index contributed by atoms with van der Waals surface area (Å²) in [7, 11) is 0. The average molecular weight is 257 g/mol. The van der Waals surface area contributed by atoms with E-state index in [9.17, 15) is 4.79 Å². The zero-order valence-corrected chi connectivity index (χ0v) is 10.6. The summed E-state index contributed by atoms with van der Waals surface area (Å²) in [5.41, 5.74) is 2.29. The lowest BCUT2D eigenvalue weighted by molar-refractivity contribution is 0.0697. The van der Waals surface area contributed by atoms with Gasteiger partial charge in [-0.3, -0.25) is 0 Å². The van der Waals surface area contributed by atoms with Crippen molar-refractivity contribution in [2.45, 2.75) is 13.3 Å². The Labute approximate surface area is 111 Å². The monoisotopic (exact) mass is 257 g/mol. The second kappa shape index (κ2) is 5.95. The molecule has 1 aromatic heterocycles. The number of aromatic nitrogens is 2. The van der Waals surface area contributed by atoms with Crippen LogP contribution in [0.5, 0.6) is 0 Å². The van der Waals surface area contributed by atoms with Crippen molar-refractivity contribution in [1.29, 1.82) is 0 Å². The van der Waals surface area contributed by atoms with Gasteiger partial charge in [0.15, 0.2) is 0 Å². The molecule has 2 rings (SSSR count). The summed E-state index contributed by atoms with van der Waals surface area (Å²) in [6.07, 6.45) is 4.22. The molecule has 0 aliphatic heterocycles. The third kappa shape index (κ3) is 3.77. The van der Waals surface area contributed by atoms with Crippen molar-refractivity contribution in [2.75, 3.05) is 11.9 Å². The van der Waals surface area contributed by atoms with E-state index in [2.05, 4.69) is 15.3 Å². The first-order chi connectivity index (χ1) is 9.15. The van der Waals surface area contributed by atoms with Gasteiger partial charge in [0.25, 0.3) is 0 Å². The number of aryl methyl sites for hydroxylation is 1. The highest BCUT2D eigenvalue weighted by atomic mass is 16.4. The molecule has 2 N–H and O–H groups in total. The van der Waals surface area contributed by atoms with Crippen molar-refractivity contribution in [3.8, 4) is 0 Å². The Morgan fingerprint density at radius 3 is 2.74 bits per heavy atom. The van der Waals surface area contributed by atoms with Crippen LogP contribution in [0.3, 0.4) is 0 Å². The largest absolute Gasteiger partial charge is 0.478 e. The highest BCUT2D eigenvalue weighted by molar-refractivity contribution is 5.87. The van der Waals surface area contributed by atoms with E-state index in [1.165, 1.54) is 0 Å². The fraction of sp³-hybridized carbons (Fsp3) is 0.214. The van der Waals surface area contributed by atoms with E-state index in [0.717, 1.165) is 17.5 Å². The molecule has 0 aliphatic carbocycles. The van der Waals surface area contributed by atoms with Gasteiger partial charge in [0, 0.05) is 18.9 Å². The maximum atomic E-state index is 10.8. The van der Waals surface area contributed by atoms with Gasteiger partial charge in [0.2, 0.25) is 5.95 Å². The summed E-state index contributed by atoms with van der Waals surface area (Å²) in [6, 6.07) is 6.92. The van der Waals surface area contributed by atoms with E-state index < -0.39 is 5.97 Å². The van der Waals surface area contributed by atoms with Crippen molar-refractivity contribution >= 4 is 11.9 Å². The molecule has 0 fully saturated rings. The molecule has 0 radical (unpaired) electrons. The predicted molar refractivity (Wildman–Crippen MR) is 72.4 cm³/mol. The van der Waals surface area contributed by atoms with E-state index in [-0.39, 0.29) is 0 Å². The minimum Gasteiger partial charge on any atom is -0.478 e. The average Bonchev–Trinajstić information content (AvgIpc) is 2.41. The molecule has 98 valence electrons. The number of nitrogens with one attached hydrogen (secondary N) is 1. The summed E-state index contributed by atoms with van der Waals surface area (Å²) >= 11 is 0. The number of anilines is 1. The number of benzene rings is 1.